The van der Waals surface area contributed by atoms with Gasteiger partial charge in [-0.15, -0.1) is 0 Å². The third-order valence-corrected chi connectivity index (χ3v) is 3.59. The molecule has 0 radical (unpaired) electrons. The number of para-hydroxylation sites is 1. The van der Waals surface area contributed by atoms with Gasteiger partial charge in [-0.3, -0.25) is 10.0 Å². The first-order valence-electron chi connectivity index (χ1n) is 8.14. The Balaban J connectivity index is 2.09. The highest BCUT2D eigenvalue weighted by molar-refractivity contribution is 5.93. The molecule has 0 atom stereocenters. The molecule has 0 aliphatic carbocycles. The summed E-state index contributed by atoms with van der Waals surface area (Å²) in [6.07, 6.45) is 0. The highest BCUT2D eigenvalue weighted by Crippen LogP contribution is 2.13. The van der Waals surface area contributed by atoms with Crippen molar-refractivity contribution >= 4 is 17.6 Å². The number of hydrogen-bond acceptors (Lipinski definition) is 3. The van der Waals surface area contributed by atoms with Crippen LogP contribution in [0.4, 0.5) is 10.5 Å². The zero-order valence-electron chi connectivity index (χ0n) is 14.4. The van der Waals surface area contributed by atoms with E-state index in [0.29, 0.717) is 24.6 Å². The number of benzene rings is 2. The van der Waals surface area contributed by atoms with Gasteiger partial charge in [-0.25, -0.2) is 10.3 Å². The molecule has 0 aromatic heterocycles. The molecule has 0 saturated heterocycles. The van der Waals surface area contributed by atoms with Crippen LogP contribution in [0.2, 0.25) is 0 Å². The zero-order chi connectivity index (χ0) is 18.2. The average Bonchev–Trinajstić information content (AvgIpc) is 2.61. The lowest BCUT2D eigenvalue weighted by molar-refractivity contribution is 0.0706. The molecule has 2 aromatic rings. The van der Waals surface area contributed by atoms with Crippen LogP contribution in [0.3, 0.4) is 0 Å². The summed E-state index contributed by atoms with van der Waals surface area (Å²) in [5.41, 5.74) is 3.60. The third-order valence-electron chi connectivity index (χ3n) is 3.59. The molecule has 0 heterocycles. The van der Waals surface area contributed by atoms with Crippen molar-refractivity contribution in [3.63, 3.8) is 0 Å². The molecule has 2 rings (SSSR count). The lowest BCUT2D eigenvalue weighted by Gasteiger charge is -2.25. The molecular formula is C19H23N3O3. The molecule has 6 nitrogen and oxygen atoms in total. The Morgan fingerprint density at radius 2 is 1.68 bits per heavy atom. The molecule has 0 saturated carbocycles. The van der Waals surface area contributed by atoms with Crippen LogP contribution in [0.1, 0.15) is 29.8 Å². The smallest absolute Gasteiger partial charge is 0.320 e. The normalized spacial score (nSPS) is 10.4. The van der Waals surface area contributed by atoms with Crippen molar-refractivity contribution in [1.29, 1.82) is 0 Å². The minimum atomic E-state index is -0.563. The van der Waals surface area contributed by atoms with Crippen LogP contribution in [0.15, 0.2) is 54.6 Å². The van der Waals surface area contributed by atoms with Crippen molar-refractivity contribution in [2.75, 3.05) is 11.9 Å². The van der Waals surface area contributed by atoms with Gasteiger partial charge in [-0.05, 0) is 35.7 Å². The van der Waals surface area contributed by atoms with Crippen LogP contribution in [0.25, 0.3) is 0 Å². The van der Waals surface area contributed by atoms with Crippen LogP contribution in [0, 0.1) is 5.92 Å². The maximum Gasteiger partial charge on any atom is 0.322 e. The van der Waals surface area contributed by atoms with Gasteiger partial charge in [0.1, 0.15) is 0 Å². The Labute approximate surface area is 147 Å². The van der Waals surface area contributed by atoms with Gasteiger partial charge in [0.15, 0.2) is 0 Å². The van der Waals surface area contributed by atoms with E-state index in [-0.39, 0.29) is 6.03 Å². The summed E-state index contributed by atoms with van der Waals surface area (Å²) >= 11 is 0. The van der Waals surface area contributed by atoms with Gasteiger partial charge in [-0.2, -0.15) is 0 Å². The highest BCUT2D eigenvalue weighted by Gasteiger charge is 2.16. The maximum atomic E-state index is 12.6. The molecular weight excluding hydrogens is 318 g/mol. The van der Waals surface area contributed by atoms with E-state index in [1.807, 2.05) is 30.3 Å². The van der Waals surface area contributed by atoms with Crippen molar-refractivity contribution < 1.29 is 14.8 Å². The lowest BCUT2D eigenvalue weighted by Crippen LogP contribution is -2.37. The molecule has 0 aliphatic rings. The van der Waals surface area contributed by atoms with E-state index in [1.54, 1.807) is 34.6 Å². The molecule has 3 amide bonds. The summed E-state index contributed by atoms with van der Waals surface area (Å²) in [5.74, 6) is -0.242. The van der Waals surface area contributed by atoms with Crippen molar-refractivity contribution in [2.45, 2.75) is 20.4 Å². The molecule has 6 heteroatoms. The molecule has 3 N–H and O–H groups in total. The van der Waals surface area contributed by atoms with E-state index in [1.165, 1.54) is 0 Å². The quantitative estimate of drug-likeness (QED) is 0.555. The summed E-state index contributed by atoms with van der Waals surface area (Å²) < 4.78 is 0. The second-order valence-corrected chi connectivity index (χ2v) is 6.21. The standard InChI is InChI=1S/C19H23N3O3/c1-14(2)12-22(19(24)20-17-6-4-3-5-7-17)13-15-8-10-16(11-9-15)18(23)21-25/h3-11,14,25H,12-13H2,1-2H3,(H,20,24)(H,21,23). The lowest BCUT2D eigenvalue weighted by atomic mass is 10.1. The molecule has 0 spiro atoms. The van der Waals surface area contributed by atoms with E-state index in [2.05, 4.69) is 19.2 Å². The molecule has 25 heavy (non-hydrogen) atoms. The number of hydroxylamine groups is 1. The fraction of sp³-hybridized carbons (Fsp3) is 0.263. The van der Waals surface area contributed by atoms with Crippen LogP contribution in [-0.4, -0.2) is 28.6 Å². The number of urea groups is 1. The van der Waals surface area contributed by atoms with Crippen molar-refractivity contribution in [3.05, 3.63) is 65.7 Å². The fourth-order valence-corrected chi connectivity index (χ4v) is 2.43. The Bertz CT molecular complexity index is 700. The minimum Gasteiger partial charge on any atom is -0.320 e. The average molecular weight is 341 g/mol. The van der Waals surface area contributed by atoms with Gasteiger partial charge in [0.25, 0.3) is 5.91 Å². The predicted molar refractivity (Wildman–Crippen MR) is 96.4 cm³/mol. The summed E-state index contributed by atoms with van der Waals surface area (Å²) in [6.45, 7) is 5.14. The molecule has 2 aromatic carbocycles. The summed E-state index contributed by atoms with van der Waals surface area (Å²) in [6, 6.07) is 15.9. The Morgan fingerprint density at radius 3 is 2.24 bits per heavy atom. The number of nitrogens with one attached hydrogen (secondary N) is 2. The monoisotopic (exact) mass is 341 g/mol. The first-order valence-corrected chi connectivity index (χ1v) is 8.14. The fourth-order valence-electron chi connectivity index (χ4n) is 2.43. The Kier molecular flexibility index (Phi) is 6.54. The van der Waals surface area contributed by atoms with Gasteiger partial charge in [0, 0.05) is 24.3 Å². The minimum absolute atomic E-state index is 0.169. The SMILES string of the molecule is CC(C)CN(Cc1ccc(C(=O)NO)cc1)C(=O)Nc1ccccc1. The number of hydrogen-bond donors (Lipinski definition) is 3. The first-order chi connectivity index (χ1) is 12.0. The van der Waals surface area contributed by atoms with Gasteiger partial charge in [-0.1, -0.05) is 44.2 Å². The van der Waals surface area contributed by atoms with Crippen LogP contribution >= 0.6 is 0 Å². The van der Waals surface area contributed by atoms with E-state index < -0.39 is 5.91 Å². The number of rotatable bonds is 6. The maximum absolute atomic E-state index is 12.6. The van der Waals surface area contributed by atoms with E-state index in [4.69, 9.17) is 5.21 Å². The summed E-state index contributed by atoms with van der Waals surface area (Å²) in [7, 11) is 0. The largest absolute Gasteiger partial charge is 0.322 e. The molecule has 132 valence electrons. The van der Waals surface area contributed by atoms with E-state index >= 15 is 0 Å². The van der Waals surface area contributed by atoms with Crippen LogP contribution in [-0.2, 0) is 6.54 Å². The Hall–Kier alpha value is -2.86. The summed E-state index contributed by atoms with van der Waals surface area (Å²) in [4.78, 5) is 25.7. The predicted octanol–water partition coefficient (Wildman–Crippen LogP) is 3.50. The Morgan fingerprint density at radius 1 is 1.04 bits per heavy atom. The third kappa shape index (κ3) is 5.61. The van der Waals surface area contributed by atoms with Gasteiger partial charge in [0.2, 0.25) is 0 Å². The second-order valence-electron chi connectivity index (χ2n) is 6.21. The molecule has 0 unspecified atom stereocenters. The van der Waals surface area contributed by atoms with Gasteiger partial charge >= 0.3 is 6.03 Å². The number of carbonyl (C=O) groups is 2. The van der Waals surface area contributed by atoms with Crippen molar-refractivity contribution in [1.82, 2.24) is 10.4 Å². The van der Waals surface area contributed by atoms with Gasteiger partial charge < -0.3 is 10.2 Å². The molecule has 0 fully saturated rings. The van der Waals surface area contributed by atoms with Crippen molar-refractivity contribution in [2.24, 2.45) is 5.92 Å². The number of amides is 3. The number of carbonyl (C=O) groups excluding carboxylic acids is 2. The summed E-state index contributed by atoms with van der Waals surface area (Å²) in [5, 5.41) is 11.6. The highest BCUT2D eigenvalue weighted by atomic mass is 16.5. The topological polar surface area (TPSA) is 81.7 Å². The van der Waals surface area contributed by atoms with Crippen molar-refractivity contribution in [3.8, 4) is 0 Å². The first kappa shape index (κ1) is 18.5. The number of nitrogens with zero attached hydrogens (tertiary/aromatic N) is 1. The number of anilines is 1. The van der Waals surface area contributed by atoms with E-state index in [0.717, 1.165) is 11.3 Å². The molecule has 0 bridgehead atoms. The van der Waals surface area contributed by atoms with Gasteiger partial charge in [0.05, 0.1) is 0 Å². The van der Waals surface area contributed by atoms with E-state index in [9.17, 15) is 9.59 Å². The second kappa shape index (κ2) is 8.84. The zero-order valence-corrected chi connectivity index (χ0v) is 14.4. The van der Waals surface area contributed by atoms with Crippen LogP contribution < -0.4 is 10.8 Å². The molecule has 0 aliphatic heterocycles. The van der Waals surface area contributed by atoms with Crippen LogP contribution in [0.5, 0.6) is 0 Å².